The van der Waals surface area contributed by atoms with Gasteiger partial charge < -0.3 is 10.5 Å². The standard InChI is InChI=1S/C14H23NO/c1-9(2)12-6-11(8-15)7-13(10(3)4)14(12)16-5/h6-7,9-10H,8,15H2,1-5H3. The summed E-state index contributed by atoms with van der Waals surface area (Å²) in [5.74, 6) is 1.94. The Morgan fingerprint density at radius 3 is 1.75 bits per heavy atom. The van der Waals surface area contributed by atoms with Crippen LogP contribution in [0.15, 0.2) is 12.1 Å². The van der Waals surface area contributed by atoms with Gasteiger partial charge in [0.25, 0.3) is 0 Å². The molecule has 1 aromatic carbocycles. The van der Waals surface area contributed by atoms with Gasteiger partial charge in [0.2, 0.25) is 0 Å². The van der Waals surface area contributed by atoms with E-state index in [9.17, 15) is 0 Å². The first-order chi connectivity index (χ1) is 7.51. The highest BCUT2D eigenvalue weighted by molar-refractivity contribution is 5.47. The zero-order chi connectivity index (χ0) is 12.3. The summed E-state index contributed by atoms with van der Waals surface area (Å²) in [6.45, 7) is 9.32. The van der Waals surface area contributed by atoms with E-state index in [4.69, 9.17) is 10.5 Å². The maximum atomic E-state index is 5.74. The molecule has 0 saturated carbocycles. The average Bonchev–Trinajstić information content (AvgIpc) is 2.26. The van der Waals surface area contributed by atoms with Crippen LogP contribution in [0, 0.1) is 0 Å². The molecule has 2 heteroatoms. The molecule has 0 aromatic heterocycles. The molecule has 1 aromatic rings. The highest BCUT2D eigenvalue weighted by atomic mass is 16.5. The Kier molecular flexibility index (Phi) is 4.36. The maximum Gasteiger partial charge on any atom is 0.125 e. The molecule has 0 bridgehead atoms. The average molecular weight is 221 g/mol. The fourth-order valence-corrected chi connectivity index (χ4v) is 1.95. The second-order valence-electron chi connectivity index (χ2n) is 4.82. The van der Waals surface area contributed by atoms with Crippen LogP contribution in [0.5, 0.6) is 5.75 Å². The Bertz CT molecular complexity index is 327. The van der Waals surface area contributed by atoms with Crippen LogP contribution < -0.4 is 10.5 Å². The van der Waals surface area contributed by atoms with Gasteiger partial charge in [-0.05, 0) is 28.5 Å². The molecule has 90 valence electrons. The molecule has 1 rings (SSSR count). The van der Waals surface area contributed by atoms with Crippen molar-refractivity contribution in [3.05, 3.63) is 28.8 Å². The van der Waals surface area contributed by atoms with E-state index in [0.717, 1.165) is 5.75 Å². The van der Waals surface area contributed by atoms with Gasteiger partial charge in [0.05, 0.1) is 7.11 Å². The molecule has 2 N–H and O–H groups in total. The summed E-state index contributed by atoms with van der Waals surface area (Å²) in [6.07, 6.45) is 0. The van der Waals surface area contributed by atoms with Crippen LogP contribution in [0.4, 0.5) is 0 Å². The Balaban J connectivity index is 3.40. The van der Waals surface area contributed by atoms with Crippen LogP contribution >= 0.6 is 0 Å². The maximum absolute atomic E-state index is 5.74. The van der Waals surface area contributed by atoms with Gasteiger partial charge in [-0.2, -0.15) is 0 Å². The number of rotatable bonds is 4. The minimum atomic E-state index is 0.457. The molecule has 0 aliphatic heterocycles. The van der Waals surface area contributed by atoms with Crippen molar-refractivity contribution >= 4 is 0 Å². The molecule has 0 radical (unpaired) electrons. The van der Waals surface area contributed by atoms with Gasteiger partial charge in [-0.25, -0.2) is 0 Å². The van der Waals surface area contributed by atoms with Crippen molar-refractivity contribution in [2.24, 2.45) is 5.73 Å². The first kappa shape index (κ1) is 13.0. The fourth-order valence-electron chi connectivity index (χ4n) is 1.95. The van der Waals surface area contributed by atoms with Crippen molar-refractivity contribution in [3.63, 3.8) is 0 Å². The normalized spacial score (nSPS) is 11.2. The topological polar surface area (TPSA) is 35.2 Å². The zero-order valence-electron chi connectivity index (χ0n) is 11.0. The second kappa shape index (κ2) is 5.35. The number of hydrogen-bond donors (Lipinski definition) is 1. The van der Waals surface area contributed by atoms with Crippen LogP contribution in [-0.2, 0) is 6.54 Å². The van der Waals surface area contributed by atoms with Crippen molar-refractivity contribution in [3.8, 4) is 5.75 Å². The van der Waals surface area contributed by atoms with E-state index in [1.54, 1.807) is 7.11 Å². The molecule has 0 saturated heterocycles. The predicted octanol–water partition coefficient (Wildman–Crippen LogP) is 3.40. The minimum absolute atomic E-state index is 0.457. The van der Waals surface area contributed by atoms with Gasteiger partial charge in [0.1, 0.15) is 5.75 Å². The molecular weight excluding hydrogens is 198 g/mol. The van der Waals surface area contributed by atoms with Crippen molar-refractivity contribution in [2.45, 2.75) is 46.1 Å². The molecule has 0 fully saturated rings. The lowest BCUT2D eigenvalue weighted by atomic mass is 9.91. The quantitative estimate of drug-likeness (QED) is 0.845. The molecule has 0 unspecified atom stereocenters. The summed E-state index contributed by atoms with van der Waals surface area (Å²) < 4.78 is 5.56. The third-order valence-electron chi connectivity index (χ3n) is 2.89. The third kappa shape index (κ3) is 2.56. The summed E-state index contributed by atoms with van der Waals surface area (Å²) in [5, 5.41) is 0. The summed E-state index contributed by atoms with van der Waals surface area (Å²) in [7, 11) is 1.75. The van der Waals surface area contributed by atoms with Crippen molar-refractivity contribution in [1.29, 1.82) is 0 Å². The van der Waals surface area contributed by atoms with Gasteiger partial charge >= 0.3 is 0 Å². The van der Waals surface area contributed by atoms with E-state index in [-0.39, 0.29) is 0 Å². The molecule has 0 amide bonds. The van der Waals surface area contributed by atoms with E-state index in [2.05, 4.69) is 39.8 Å². The smallest absolute Gasteiger partial charge is 0.125 e. The first-order valence-electron chi connectivity index (χ1n) is 5.92. The summed E-state index contributed by atoms with van der Waals surface area (Å²) in [5.41, 5.74) is 9.44. The molecule has 0 spiro atoms. The van der Waals surface area contributed by atoms with Crippen LogP contribution in [0.2, 0.25) is 0 Å². The first-order valence-corrected chi connectivity index (χ1v) is 5.92. The lowest BCUT2D eigenvalue weighted by Gasteiger charge is -2.19. The second-order valence-corrected chi connectivity index (χ2v) is 4.82. The monoisotopic (exact) mass is 221 g/mol. The SMILES string of the molecule is COc1c(C(C)C)cc(CN)cc1C(C)C. The highest BCUT2D eigenvalue weighted by Crippen LogP contribution is 2.35. The van der Waals surface area contributed by atoms with Gasteiger partial charge in [0, 0.05) is 6.54 Å². The van der Waals surface area contributed by atoms with E-state index in [0.29, 0.717) is 18.4 Å². The minimum Gasteiger partial charge on any atom is -0.496 e. The van der Waals surface area contributed by atoms with Gasteiger partial charge in [-0.3, -0.25) is 0 Å². The molecule has 0 aliphatic rings. The lowest BCUT2D eigenvalue weighted by Crippen LogP contribution is -2.05. The van der Waals surface area contributed by atoms with Gasteiger partial charge in [-0.15, -0.1) is 0 Å². The summed E-state index contributed by atoms with van der Waals surface area (Å²) in [6, 6.07) is 4.32. The van der Waals surface area contributed by atoms with Gasteiger partial charge in [0.15, 0.2) is 0 Å². The lowest BCUT2D eigenvalue weighted by molar-refractivity contribution is 0.400. The number of hydrogen-bond acceptors (Lipinski definition) is 2. The Labute approximate surface area is 98.8 Å². The number of nitrogens with two attached hydrogens (primary N) is 1. The summed E-state index contributed by atoms with van der Waals surface area (Å²) in [4.78, 5) is 0. The van der Waals surface area contributed by atoms with Crippen molar-refractivity contribution in [2.75, 3.05) is 7.11 Å². The zero-order valence-corrected chi connectivity index (χ0v) is 11.0. The van der Waals surface area contributed by atoms with E-state index in [1.165, 1.54) is 16.7 Å². The van der Waals surface area contributed by atoms with E-state index in [1.807, 2.05) is 0 Å². The van der Waals surface area contributed by atoms with Crippen LogP contribution in [0.3, 0.4) is 0 Å². The molecule has 0 heterocycles. The molecule has 0 aliphatic carbocycles. The molecule has 0 atom stereocenters. The molecular formula is C14H23NO. The summed E-state index contributed by atoms with van der Waals surface area (Å²) >= 11 is 0. The molecule has 2 nitrogen and oxygen atoms in total. The van der Waals surface area contributed by atoms with E-state index < -0.39 is 0 Å². The Morgan fingerprint density at radius 1 is 1.06 bits per heavy atom. The number of methoxy groups -OCH3 is 1. The van der Waals surface area contributed by atoms with Crippen LogP contribution in [0.1, 0.15) is 56.2 Å². The Hall–Kier alpha value is -1.02. The predicted molar refractivity (Wildman–Crippen MR) is 69.1 cm³/mol. The van der Waals surface area contributed by atoms with Gasteiger partial charge in [-0.1, -0.05) is 39.8 Å². The van der Waals surface area contributed by atoms with Crippen molar-refractivity contribution in [1.82, 2.24) is 0 Å². The number of ether oxygens (including phenoxy) is 1. The fraction of sp³-hybridized carbons (Fsp3) is 0.571. The molecule has 16 heavy (non-hydrogen) atoms. The Morgan fingerprint density at radius 2 is 1.50 bits per heavy atom. The van der Waals surface area contributed by atoms with Crippen molar-refractivity contribution < 1.29 is 4.74 Å². The number of benzene rings is 1. The third-order valence-corrected chi connectivity index (χ3v) is 2.89. The highest BCUT2D eigenvalue weighted by Gasteiger charge is 2.15. The van der Waals surface area contributed by atoms with Crippen LogP contribution in [-0.4, -0.2) is 7.11 Å². The van der Waals surface area contributed by atoms with Crippen LogP contribution in [0.25, 0.3) is 0 Å². The van der Waals surface area contributed by atoms with E-state index >= 15 is 0 Å². The largest absolute Gasteiger partial charge is 0.496 e.